The molecule has 0 atom stereocenters. The first-order chi connectivity index (χ1) is 13.5. The summed E-state index contributed by atoms with van der Waals surface area (Å²) >= 11 is 3.62. The minimum Gasteiger partial charge on any atom is -0.390 e. The number of hydrogen-bond acceptors (Lipinski definition) is 4. The predicted molar refractivity (Wildman–Crippen MR) is 121 cm³/mol. The van der Waals surface area contributed by atoms with Gasteiger partial charge in [-0.25, -0.2) is 4.79 Å². The molecule has 0 aliphatic carbocycles. The fourth-order valence-electron chi connectivity index (χ4n) is 3.32. The van der Waals surface area contributed by atoms with Crippen LogP contribution in [0.1, 0.15) is 26.4 Å². The second-order valence-electron chi connectivity index (χ2n) is 6.55. The molecule has 28 heavy (non-hydrogen) atoms. The van der Waals surface area contributed by atoms with Gasteiger partial charge in [-0.2, -0.15) is 0 Å². The van der Waals surface area contributed by atoms with Gasteiger partial charge in [-0.1, -0.05) is 18.2 Å². The van der Waals surface area contributed by atoms with Gasteiger partial charge < -0.3 is 16.0 Å². The first kappa shape index (κ1) is 18.9. The average Bonchev–Trinajstić information content (AvgIpc) is 3.03. The first-order valence-electron chi connectivity index (χ1n) is 8.84. The van der Waals surface area contributed by atoms with E-state index in [0.717, 1.165) is 19.7 Å². The van der Waals surface area contributed by atoms with Crippen molar-refractivity contribution in [3.05, 3.63) is 79.7 Å². The van der Waals surface area contributed by atoms with Crippen LogP contribution in [0.5, 0.6) is 0 Å². The highest BCUT2D eigenvalue weighted by Gasteiger charge is 2.29. The summed E-state index contributed by atoms with van der Waals surface area (Å²) in [5, 5.41) is 3.44. The second-order valence-corrected chi connectivity index (χ2v) is 8.93. The van der Waals surface area contributed by atoms with Crippen molar-refractivity contribution >= 4 is 56.4 Å². The number of thiophene rings is 1. The molecule has 1 aliphatic rings. The van der Waals surface area contributed by atoms with Crippen LogP contribution in [-0.2, 0) is 13.0 Å². The zero-order valence-corrected chi connectivity index (χ0v) is 17.9. The number of halogens is 1. The van der Waals surface area contributed by atoms with E-state index in [1.807, 2.05) is 54.6 Å². The van der Waals surface area contributed by atoms with Crippen LogP contribution >= 0.6 is 33.9 Å². The van der Waals surface area contributed by atoms with E-state index in [9.17, 15) is 9.59 Å². The number of anilines is 2. The van der Waals surface area contributed by atoms with E-state index in [1.54, 1.807) is 4.90 Å². The third-order valence-electron chi connectivity index (χ3n) is 4.73. The van der Waals surface area contributed by atoms with Gasteiger partial charge in [0.1, 0.15) is 0 Å². The van der Waals surface area contributed by atoms with E-state index in [0.29, 0.717) is 35.6 Å². The molecule has 1 aliphatic heterocycles. The summed E-state index contributed by atoms with van der Waals surface area (Å²) in [5.41, 5.74) is 9.19. The van der Waals surface area contributed by atoms with Crippen LogP contribution in [0.15, 0.2) is 54.6 Å². The minimum absolute atomic E-state index is 0.0476. The van der Waals surface area contributed by atoms with Crippen LogP contribution in [0, 0.1) is 3.57 Å². The molecule has 0 bridgehead atoms. The highest BCUT2D eigenvalue weighted by Crippen LogP contribution is 2.36. The van der Waals surface area contributed by atoms with Gasteiger partial charge in [-0.05, 0) is 71.0 Å². The zero-order chi connectivity index (χ0) is 19.7. The van der Waals surface area contributed by atoms with Gasteiger partial charge in [0.05, 0.1) is 17.1 Å². The number of nitrogens with zero attached hydrogens (tertiary/aromatic N) is 1. The molecule has 5 nitrogen and oxygen atoms in total. The smallest absolute Gasteiger partial charge is 0.322 e. The van der Waals surface area contributed by atoms with Gasteiger partial charge in [-0.3, -0.25) is 4.79 Å². The molecule has 2 aromatic carbocycles. The summed E-state index contributed by atoms with van der Waals surface area (Å²) in [6.07, 6.45) is 0.622. The van der Waals surface area contributed by atoms with Crippen molar-refractivity contribution < 1.29 is 9.59 Å². The molecule has 4 rings (SSSR count). The standard InChI is InChI=1S/C21H18IN3O2S/c22-14-8-6-13(7-9-14)19(26)18-16-10-11-25(12-17(16)28-20(18)23)21(27)24-15-4-2-1-3-5-15/h1-9H,10-12,23H2,(H,24,27). The fourth-order valence-corrected chi connectivity index (χ4v) is 4.81. The summed E-state index contributed by atoms with van der Waals surface area (Å²) < 4.78 is 1.08. The molecule has 0 unspecified atom stereocenters. The predicted octanol–water partition coefficient (Wildman–Crippen LogP) is 4.76. The zero-order valence-electron chi connectivity index (χ0n) is 14.9. The van der Waals surface area contributed by atoms with E-state index in [-0.39, 0.29) is 11.8 Å². The molecule has 0 spiro atoms. The van der Waals surface area contributed by atoms with E-state index < -0.39 is 0 Å². The van der Waals surface area contributed by atoms with Crippen molar-refractivity contribution in [2.24, 2.45) is 0 Å². The number of urea groups is 1. The maximum atomic E-state index is 13.0. The number of ketones is 1. The average molecular weight is 503 g/mol. The SMILES string of the molecule is Nc1sc2c(c1C(=O)c1ccc(I)cc1)CCN(C(=O)Nc1ccccc1)C2. The molecule has 0 saturated carbocycles. The number of nitrogens with two attached hydrogens (primary N) is 1. The number of carbonyl (C=O) groups is 2. The molecule has 0 saturated heterocycles. The van der Waals surface area contributed by atoms with Crippen LogP contribution in [0.3, 0.4) is 0 Å². The second kappa shape index (κ2) is 7.92. The largest absolute Gasteiger partial charge is 0.390 e. The Morgan fingerprint density at radius 1 is 1.07 bits per heavy atom. The Morgan fingerprint density at radius 3 is 2.50 bits per heavy atom. The number of amides is 2. The highest BCUT2D eigenvalue weighted by molar-refractivity contribution is 14.1. The van der Waals surface area contributed by atoms with Gasteiger partial charge >= 0.3 is 6.03 Å². The van der Waals surface area contributed by atoms with Crippen molar-refractivity contribution in [2.45, 2.75) is 13.0 Å². The Balaban J connectivity index is 1.54. The lowest BCUT2D eigenvalue weighted by atomic mass is 9.96. The maximum absolute atomic E-state index is 13.0. The number of nitrogens with one attached hydrogen (secondary N) is 1. The maximum Gasteiger partial charge on any atom is 0.322 e. The molecule has 2 heterocycles. The molecule has 142 valence electrons. The molecule has 1 aromatic heterocycles. The number of rotatable bonds is 3. The van der Waals surface area contributed by atoms with Crippen molar-refractivity contribution in [1.29, 1.82) is 0 Å². The lowest BCUT2D eigenvalue weighted by Crippen LogP contribution is -2.38. The van der Waals surface area contributed by atoms with Crippen molar-refractivity contribution in [3.8, 4) is 0 Å². The van der Waals surface area contributed by atoms with E-state index >= 15 is 0 Å². The molecule has 7 heteroatoms. The Bertz CT molecular complexity index is 1030. The van der Waals surface area contributed by atoms with Gasteiger partial charge in [0.2, 0.25) is 0 Å². The van der Waals surface area contributed by atoms with Crippen molar-refractivity contribution in [3.63, 3.8) is 0 Å². The van der Waals surface area contributed by atoms with Crippen LogP contribution in [0.25, 0.3) is 0 Å². The van der Waals surface area contributed by atoms with Gasteiger partial charge in [0.25, 0.3) is 0 Å². The number of para-hydroxylation sites is 1. The fraction of sp³-hybridized carbons (Fsp3) is 0.143. The third-order valence-corrected chi connectivity index (χ3v) is 6.49. The molecule has 3 aromatic rings. The molecule has 0 fully saturated rings. The topological polar surface area (TPSA) is 75.4 Å². The Hall–Kier alpha value is -2.39. The minimum atomic E-state index is -0.144. The number of hydrogen-bond donors (Lipinski definition) is 2. The summed E-state index contributed by atoms with van der Waals surface area (Å²) in [4.78, 5) is 28.3. The Labute approximate surface area is 180 Å². The van der Waals surface area contributed by atoms with Crippen molar-refractivity contribution in [1.82, 2.24) is 4.90 Å². The number of fused-ring (bicyclic) bond motifs is 1. The summed E-state index contributed by atoms with van der Waals surface area (Å²) in [5.74, 6) is -0.0476. The van der Waals surface area contributed by atoms with E-state index in [2.05, 4.69) is 27.9 Å². The van der Waals surface area contributed by atoms with Crippen LogP contribution in [0.2, 0.25) is 0 Å². The third kappa shape index (κ3) is 3.77. The molecule has 0 radical (unpaired) electrons. The lowest BCUT2D eigenvalue weighted by molar-refractivity contribution is 0.103. The molecule has 3 N–H and O–H groups in total. The Kier molecular flexibility index (Phi) is 5.36. The normalized spacial score (nSPS) is 13.1. The Morgan fingerprint density at radius 2 is 1.79 bits per heavy atom. The van der Waals surface area contributed by atoms with Crippen LogP contribution in [-0.4, -0.2) is 23.3 Å². The van der Waals surface area contributed by atoms with Crippen LogP contribution in [0.4, 0.5) is 15.5 Å². The number of nitrogen functional groups attached to an aromatic ring is 1. The summed E-state index contributed by atoms with van der Waals surface area (Å²) in [7, 11) is 0. The van der Waals surface area contributed by atoms with Gasteiger partial charge in [0, 0.05) is 26.2 Å². The lowest BCUT2D eigenvalue weighted by Gasteiger charge is -2.27. The number of benzene rings is 2. The van der Waals surface area contributed by atoms with E-state index in [1.165, 1.54) is 11.3 Å². The quantitative estimate of drug-likeness (QED) is 0.400. The molecule has 2 amide bonds. The molecular weight excluding hydrogens is 485 g/mol. The van der Waals surface area contributed by atoms with E-state index in [4.69, 9.17) is 5.73 Å². The number of carbonyl (C=O) groups excluding carboxylic acids is 2. The monoisotopic (exact) mass is 503 g/mol. The highest BCUT2D eigenvalue weighted by atomic mass is 127. The van der Waals surface area contributed by atoms with Crippen molar-refractivity contribution in [2.75, 3.05) is 17.6 Å². The first-order valence-corrected chi connectivity index (χ1v) is 10.7. The van der Waals surface area contributed by atoms with Gasteiger partial charge in [0.15, 0.2) is 5.78 Å². The van der Waals surface area contributed by atoms with Gasteiger partial charge in [-0.15, -0.1) is 11.3 Å². The molecular formula is C21H18IN3O2S. The van der Waals surface area contributed by atoms with Crippen LogP contribution < -0.4 is 11.1 Å². The summed E-state index contributed by atoms with van der Waals surface area (Å²) in [6.45, 7) is 1.01. The summed E-state index contributed by atoms with van der Waals surface area (Å²) in [6, 6.07) is 16.7.